The lowest BCUT2D eigenvalue weighted by molar-refractivity contribution is -0.122. The quantitative estimate of drug-likeness (QED) is 0.721. The second kappa shape index (κ2) is 8.92. The summed E-state index contributed by atoms with van der Waals surface area (Å²) in [4.78, 5) is 13.0. The molecule has 1 amide bonds. The Labute approximate surface area is 170 Å². The first kappa shape index (κ1) is 22.2. The molecule has 0 heterocycles. The summed E-state index contributed by atoms with van der Waals surface area (Å²) in [6, 6.07) is 9.34. The fourth-order valence-corrected chi connectivity index (χ4v) is 4.43. The summed E-state index contributed by atoms with van der Waals surface area (Å²) < 4.78 is 39.3. The number of aryl methyl sites for hydroxylation is 1. The molecule has 0 radical (unpaired) electrons. The largest absolute Gasteiger partial charge is 0.348 e. The zero-order chi connectivity index (χ0) is 21.1. The molecule has 2 atom stereocenters. The smallest absolute Gasteiger partial charge is 0.244 e. The van der Waals surface area contributed by atoms with E-state index in [2.05, 4.69) is 5.32 Å². The van der Waals surface area contributed by atoms with Crippen LogP contribution in [0.5, 0.6) is 0 Å². The Kier molecular flexibility index (Phi) is 7.06. The predicted molar refractivity (Wildman–Crippen MR) is 111 cm³/mol. The normalized spacial score (nSPS) is 13.6. The molecule has 2 aromatic rings. The standard InChI is InChI=1S/C20H24ClFN2O3S/c1-5-18(20(25)23-14(3)15-7-10-17(22)11-8-15)24(28(4,26)27)19-12-16(21)9-6-13(19)2/h6-12,14,18H,5H2,1-4H3,(H,23,25)/t14-,18+/m0/s1. The zero-order valence-corrected chi connectivity index (χ0v) is 17.8. The third kappa shape index (κ3) is 5.23. The van der Waals surface area contributed by atoms with Crippen LogP contribution in [0.3, 0.4) is 0 Å². The van der Waals surface area contributed by atoms with Crippen molar-refractivity contribution < 1.29 is 17.6 Å². The van der Waals surface area contributed by atoms with Gasteiger partial charge in [0, 0.05) is 5.02 Å². The maximum absolute atomic E-state index is 13.1. The van der Waals surface area contributed by atoms with Crippen LogP contribution in [-0.4, -0.2) is 26.6 Å². The molecule has 8 heteroatoms. The molecule has 0 aliphatic heterocycles. The number of carbonyl (C=O) groups is 1. The van der Waals surface area contributed by atoms with Crippen LogP contribution < -0.4 is 9.62 Å². The van der Waals surface area contributed by atoms with Gasteiger partial charge in [0.15, 0.2) is 0 Å². The van der Waals surface area contributed by atoms with Crippen LogP contribution in [-0.2, 0) is 14.8 Å². The molecule has 0 unspecified atom stereocenters. The fourth-order valence-electron chi connectivity index (χ4n) is 3.00. The molecule has 2 aromatic carbocycles. The summed E-state index contributed by atoms with van der Waals surface area (Å²) in [6.07, 6.45) is 1.33. The fraction of sp³-hybridized carbons (Fsp3) is 0.350. The third-order valence-electron chi connectivity index (χ3n) is 4.47. The first-order chi connectivity index (χ1) is 13.0. The van der Waals surface area contributed by atoms with Crippen LogP contribution >= 0.6 is 11.6 Å². The molecule has 0 spiro atoms. The monoisotopic (exact) mass is 426 g/mol. The Hall–Kier alpha value is -2.12. The second-order valence-corrected chi connectivity index (χ2v) is 8.99. The lowest BCUT2D eigenvalue weighted by Crippen LogP contribution is -2.50. The molecule has 0 aromatic heterocycles. The highest BCUT2D eigenvalue weighted by Crippen LogP contribution is 2.29. The number of carbonyl (C=O) groups excluding carboxylic acids is 1. The number of nitrogens with one attached hydrogen (secondary N) is 1. The van der Waals surface area contributed by atoms with E-state index in [4.69, 9.17) is 11.6 Å². The summed E-state index contributed by atoms with van der Waals surface area (Å²) in [5.74, 6) is -0.808. The number of hydrogen-bond acceptors (Lipinski definition) is 3. The maximum atomic E-state index is 13.1. The average Bonchev–Trinajstić information content (AvgIpc) is 2.61. The minimum atomic E-state index is -3.76. The molecule has 28 heavy (non-hydrogen) atoms. The van der Waals surface area contributed by atoms with Crippen molar-refractivity contribution in [3.63, 3.8) is 0 Å². The van der Waals surface area contributed by atoms with E-state index in [-0.39, 0.29) is 12.2 Å². The van der Waals surface area contributed by atoms with E-state index >= 15 is 0 Å². The van der Waals surface area contributed by atoms with Crippen molar-refractivity contribution in [2.24, 2.45) is 0 Å². The number of sulfonamides is 1. The number of nitrogens with zero attached hydrogens (tertiary/aromatic N) is 1. The minimum Gasteiger partial charge on any atom is -0.348 e. The lowest BCUT2D eigenvalue weighted by Gasteiger charge is -2.32. The minimum absolute atomic E-state index is 0.265. The molecule has 0 bridgehead atoms. The highest BCUT2D eigenvalue weighted by atomic mass is 35.5. The number of benzene rings is 2. The van der Waals surface area contributed by atoms with Crippen molar-refractivity contribution >= 4 is 33.2 Å². The van der Waals surface area contributed by atoms with Gasteiger partial charge in [-0.15, -0.1) is 0 Å². The van der Waals surface area contributed by atoms with Gasteiger partial charge in [-0.2, -0.15) is 0 Å². The van der Waals surface area contributed by atoms with Crippen molar-refractivity contribution in [1.82, 2.24) is 5.32 Å². The molecule has 2 rings (SSSR count). The number of hydrogen-bond donors (Lipinski definition) is 1. The molecule has 152 valence electrons. The Balaban J connectivity index is 2.36. The van der Waals surface area contributed by atoms with Gasteiger partial charge in [-0.05, 0) is 55.7 Å². The number of amides is 1. The number of rotatable bonds is 7. The lowest BCUT2D eigenvalue weighted by atomic mass is 10.1. The summed E-state index contributed by atoms with van der Waals surface area (Å²) in [6.45, 7) is 5.26. The van der Waals surface area contributed by atoms with Gasteiger partial charge in [-0.3, -0.25) is 9.10 Å². The predicted octanol–water partition coefficient (Wildman–Crippen LogP) is 4.21. The van der Waals surface area contributed by atoms with Crippen LogP contribution in [0.25, 0.3) is 0 Å². The Morgan fingerprint density at radius 3 is 2.36 bits per heavy atom. The van der Waals surface area contributed by atoms with Gasteiger partial charge >= 0.3 is 0 Å². The van der Waals surface area contributed by atoms with Crippen LogP contribution in [0.15, 0.2) is 42.5 Å². The van der Waals surface area contributed by atoms with E-state index in [0.29, 0.717) is 16.3 Å². The van der Waals surface area contributed by atoms with Gasteiger partial charge in [-0.25, -0.2) is 12.8 Å². The summed E-state index contributed by atoms with van der Waals surface area (Å²) in [5, 5.41) is 3.20. The van der Waals surface area contributed by atoms with Crippen LogP contribution in [0.4, 0.5) is 10.1 Å². The van der Waals surface area contributed by atoms with E-state index in [9.17, 15) is 17.6 Å². The van der Waals surface area contributed by atoms with Crippen molar-refractivity contribution in [3.05, 3.63) is 64.4 Å². The summed E-state index contributed by atoms with van der Waals surface area (Å²) in [5.41, 5.74) is 1.77. The first-order valence-electron chi connectivity index (χ1n) is 8.86. The number of halogens is 2. The average molecular weight is 427 g/mol. The zero-order valence-electron chi connectivity index (χ0n) is 16.2. The second-order valence-electron chi connectivity index (χ2n) is 6.70. The molecule has 0 fully saturated rings. The van der Waals surface area contributed by atoms with Gasteiger partial charge in [-0.1, -0.05) is 36.7 Å². The molecule has 1 N–H and O–H groups in total. The molecule has 0 aliphatic carbocycles. The van der Waals surface area contributed by atoms with Crippen molar-refractivity contribution in [3.8, 4) is 0 Å². The summed E-state index contributed by atoms with van der Waals surface area (Å²) in [7, 11) is -3.76. The third-order valence-corrected chi connectivity index (χ3v) is 5.87. The molecule has 0 aliphatic rings. The van der Waals surface area contributed by atoms with Crippen LogP contribution in [0, 0.1) is 12.7 Å². The van der Waals surface area contributed by atoms with E-state index in [0.717, 1.165) is 16.1 Å². The van der Waals surface area contributed by atoms with Crippen LogP contribution in [0.1, 0.15) is 37.4 Å². The SMILES string of the molecule is CC[C@H](C(=O)N[C@@H](C)c1ccc(F)cc1)N(c1cc(Cl)ccc1C)S(C)(=O)=O. The van der Waals surface area contributed by atoms with Crippen molar-refractivity contribution in [2.75, 3.05) is 10.6 Å². The van der Waals surface area contributed by atoms with Gasteiger partial charge in [0.1, 0.15) is 11.9 Å². The Morgan fingerprint density at radius 1 is 1.21 bits per heavy atom. The van der Waals surface area contributed by atoms with Gasteiger partial charge < -0.3 is 5.32 Å². The Bertz CT molecular complexity index is 948. The van der Waals surface area contributed by atoms with E-state index in [1.807, 2.05) is 0 Å². The van der Waals surface area contributed by atoms with Crippen molar-refractivity contribution in [1.29, 1.82) is 0 Å². The highest BCUT2D eigenvalue weighted by molar-refractivity contribution is 7.92. The first-order valence-corrected chi connectivity index (χ1v) is 11.1. The van der Waals surface area contributed by atoms with Gasteiger partial charge in [0.25, 0.3) is 0 Å². The molecular formula is C20H24ClFN2O3S. The van der Waals surface area contributed by atoms with E-state index in [1.54, 1.807) is 45.0 Å². The van der Waals surface area contributed by atoms with E-state index < -0.39 is 28.0 Å². The van der Waals surface area contributed by atoms with E-state index in [1.165, 1.54) is 18.2 Å². The maximum Gasteiger partial charge on any atom is 0.244 e. The molecule has 0 saturated carbocycles. The highest BCUT2D eigenvalue weighted by Gasteiger charge is 2.33. The number of anilines is 1. The topological polar surface area (TPSA) is 66.5 Å². The van der Waals surface area contributed by atoms with Gasteiger partial charge in [0.2, 0.25) is 15.9 Å². The molecular weight excluding hydrogens is 403 g/mol. The van der Waals surface area contributed by atoms with Crippen molar-refractivity contribution in [2.45, 2.75) is 39.3 Å². The van der Waals surface area contributed by atoms with Gasteiger partial charge in [0.05, 0.1) is 18.0 Å². The van der Waals surface area contributed by atoms with Crippen LogP contribution in [0.2, 0.25) is 5.02 Å². The Morgan fingerprint density at radius 2 is 1.82 bits per heavy atom. The molecule has 5 nitrogen and oxygen atoms in total. The molecule has 0 saturated heterocycles. The summed E-state index contributed by atoms with van der Waals surface area (Å²) >= 11 is 6.06.